The molecule has 1 aliphatic heterocycles. The van der Waals surface area contributed by atoms with E-state index in [9.17, 15) is 0 Å². The summed E-state index contributed by atoms with van der Waals surface area (Å²) >= 11 is -0.883. The predicted octanol–water partition coefficient (Wildman–Crippen LogP) is 1.96. The van der Waals surface area contributed by atoms with Crippen molar-refractivity contribution >= 4 is 18.7 Å². The van der Waals surface area contributed by atoms with Crippen molar-refractivity contribution in [3.63, 3.8) is 0 Å². The molecule has 0 fully saturated rings. The Morgan fingerprint density at radius 1 is 0.917 bits per heavy atom. The maximum absolute atomic E-state index is 2.42. The molecule has 0 aliphatic carbocycles. The van der Waals surface area contributed by atoms with E-state index in [-0.39, 0.29) is 0 Å². The first-order valence-corrected chi connectivity index (χ1v) is 7.79. The third-order valence-electron chi connectivity index (χ3n) is 2.30. The molecule has 1 aromatic carbocycles. The summed E-state index contributed by atoms with van der Waals surface area (Å²) in [5, 5.41) is 0. The van der Waals surface area contributed by atoms with E-state index < -0.39 is 14.3 Å². The van der Waals surface area contributed by atoms with E-state index in [0.29, 0.717) is 0 Å². The van der Waals surface area contributed by atoms with Crippen molar-refractivity contribution in [1.82, 2.24) is 0 Å². The Kier molecular flexibility index (Phi) is 1.87. The first-order chi connectivity index (χ1) is 5.68. The second-order valence-corrected chi connectivity index (χ2v) is 7.92. The van der Waals surface area contributed by atoms with Crippen LogP contribution in [0.15, 0.2) is 21.9 Å². The zero-order valence-corrected chi connectivity index (χ0v) is 9.91. The van der Waals surface area contributed by atoms with Crippen molar-refractivity contribution in [1.29, 1.82) is 0 Å². The molecule has 0 amide bonds. The molecule has 0 spiro atoms. The molecule has 0 aromatic heterocycles. The molecule has 1 aromatic rings. The first kappa shape index (κ1) is 8.12. The number of hydrogen-bond donors (Lipinski definition) is 0. The molecule has 0 saturated heterocycles. The summed E-state index contributed by atoms with van der Waals surface area (Å²) in [5.74, 6) is 0. The Morgan fingerprint density at radius 3 is 1.83 bits per heavy atom. The third-order valence-corrected chi connectivity index (χ3v) is 6.56. The van der Waals surface area contributed by atoms with E-state index in [2.05, 4.69) is 42.7 Å². The number of hydrogen-bond acceptors (Lipinski definition) is 0. The summed E-state index contributed by atoms with van der Waals surface area (Å²) in [5.41, 5.74) is 4.41. The molecule has 1 radical (unpaired) electrons. The van der Waals surface area contributed by atoms with E-state index in [1.807, 2.05) is 0 Å². The van der Waals surface area contributed by atoms with Crippen LogP contribution < -0.4 is 4.40 Å². The molecule has 0 atom stereocenters. The van der Waals surface area contributed by atoms with E-state index in [1.54, 1.807) is 4.40 Å². The predicted molar refractivity (Wildman–Crippen MR) is 55.2 cm³/mol. The van der Waals surface area contributed by atoms with Crippen molar-refractivity contribution in [3.05, 3.63) is 38.6 Å². The van der Waals surface area contributed by atoms with Gasteiger partial charge >= 0.3 is 78.2 Å². The van der Waals surface area contributed by atoms with Gasteiger partial charge in [-0.15, -0.1) is 0 Å². The molecule has 0 N–H and O–H groups in total. The van der Waals surface area contributed by atoms with E-state index >= 15 is 0 Å². The minimum atomic E-state index is -0.883. The van der Waals surface area contributed by atoms with Crippen molar-refractivity contribution in [3.8, 4) is 0 Å². The zero-order chi connectivity index (χ0) is 8.72. The normalized spacial score (nSPS) is 15.2. The van der Waals surface area contributed by atoms with E-state index in [1.165, 1.54) is 16.7 Å². The molecule has 0 unspecified atom stereocenters. The van der Waals surface area contributed by atoms with Crippen LogP contribution in [0.2, 0.25) is 0 Å². The average Bonchev–Trinajstić information content (AvgIpc) is 2.68. The molecular weight excluding hydrogens is 205 g/mol. The van der Waals surface area contributed by atoms with Crippen LogP contribution in [0.5, 0.6) is 0 Å². The first-order valence-electron chi connectivity index (χ1n) is 4.32. The van der Waals surface area contributed by atoms with Gasteiger partial charge in [0, 0.05) is 0 Å². The SMILES string of the molecule is Cc1cc(C)[c]([Ge]2[CH]=[CH]2)c(C)c1. The van der Waals surface area contributed by atoms with Gasteiger partial charge in [0.15, 0.2) is 0 Å². The summed E-state index contributed by atoms with van der Waals surface area (Å²) in [4.78, 5) is 4.84. The summed E-state index contributed by atoms with van der Waals surface area (Å²) in [6, 6.07) is 4.62. The monoisotopic (exact) mass is 219 g/mol. The van der Waals surface area contributed by atoms with Crippen molar-refractivity contribution in [2.45, 2.75) is 20.8 Å². The summed E-state index contributed by atoms with van der Waals surface area (Å²) in [6.45, 7) is 6.67. The summed E-state index contributed by atoms with van der Waals surface area (Å²) in [6.07, 6.45) is 0. The van der Waals surface area contributed by atoms with Gasteiger partial charge in [-0.25, -0.2) is 0 Å². The number of benzene rings is 1. The standard InChI is InChI=1S/C11H13Ge/c1-8-6-9(2)11(10(3)7-8)12-4-5-12/h4-7H,1-3H3. The Labute approximate surface area is 78.4 Å². The van der Waals surface area contributed by atoms with Crippen LogP contribution in [-0.4, -0.2) is 14.3 Å². The molecule has 0 nitrogen and oxygen atoms in total. The fourth-order valence-electron chi connectivity index (χ4n) is 1.84. The van der Waals surface area contributed by atoms with Crippen molar-refractivity contribution < 1.29 is 0 Å². The van der Waals surface area contributed by atoms with Gasteiger partial charge in [-0.05, 0) is 0 Å². The second-order valence-electron chi connectivity index (χ2n) is 3.56. The van der Waals surface area contributed by atoms with Gasteiger partial charge in [0.1, 0.15) is 0 Å². The van der Waals surface area contributed by atoms with Crippen LogP contribution in [0, 0.1) is 20.8 Å². The minimum absolute atomic E-state index is 0.883. The fourth-order valence-corrected chi connectivity index (χ4v) is 5.84. The molecule has 2 rings (SSSR count). The quantitative estimate of drug-likeness (QED) is 0.632. The van der Waals surface area contributed by atoms with Gasteiger partial charge in [0.05, 0.1) is 0 Å². The third kappa shape index (κ3) is 1.36. The van der Waals surface area contributed by atoms with Crippen LogP contribution in [0.1, 0.15) is 16.7 Å². The van der Waals surface area contributed by atoms with E-state index in [0.717, 1.165) is 0 Å². The second kappa shape index (κ2) is 2.77. The summed E-state index contributed by atoms with van der Waals surface area (Å²) in [7, 11) is 0. The topological polar surface area (TPSA) is 0 Å². The van der Waals surface area contributed by atoms with Crippen molar-refractivity contribution in [2.24, 2.45) is 0 Å². The van der Waals surface area contributed by atoms with Gasteiger partial charge in [0.2, 0.25) is 0 Å². The molecule has 1 heteroatoms. The van der Waals surface area contributed by atoms with Crippen molar-refractivity contribution in [2.75, 3.05) is 0 Å². The Morgan fingerprint density at radius 2 is 1.42 bits per heavy atom. The number of aryl methyl sites for hydroxylation is 3. The Balaban J connectivity index is 2.51. The van der Waals surface area contributed by atoms with Gasteiger partial charge < -0.3 is 0 Å². The molecule has 61 valence electrons. The van der Waals surface area contributed by atoms with Crippen LogP contribution in [0.3, 0.4) is 0 Å². The summed E-state index contributed by atoms with van der Waals surface area (Å²) < 4.78 is 1.68. The molecule has 1 heterocycles. The molecule has 1 aliphatic rings. The Hall–Kier alpha value is -0.497. The molecular formula is C11H13Ge. The van der Waals surface area contributed by atoms with Crippen LogP contribution >= 0.6 is 0 Å². The molecule has 12 heavy (non-hydrogen) atoms. The van der Waals surface area contributed by atoms with Gasteiger partial charge in [-0.3, -0.25) is 0 Å². The zero-order valence-electron chi connectivity index (χ0n) is 7.81. The Bertz CT molecular complexity index is 321. The molecule has 0 saturated carbocycles. The van der Waals surface area contributed by atoms with Crippen LogP contribution in [0.4, 0.5) is 0 Å². The fraction of sp³-hybridized carbons (Fsp3) is 0.273. The van der Waals surface area contributed by atoms with Crippen LogP contribution in [-0.2, 0) is 0 Å². The number of rotatable bonds is 1. The van der Waals surface area contributed by atoms with E-state index in [4.69, 9.17) is 0 Å². The molecule has 0 bridgehead atoms. The van der Waals surface area contributed by atoms with Gasteiger partial charge in [-0.2, -0.15) is 0 Å². The average molecular weight is 218 g/mol. The van der Waals surface area contributed by atoms with Gasteiger partial charge in [-0.1, -0.05) is 0 Å². The maximum atomic E-state index is 2.42. The van der Waals surface area contributed by atoms with Gasteiger partial charge in [0.25, 0.3) is 0 Å². The van der Waals surface area contributed by atoms with Crippen LogP contribution in [0.25, 0.3) is 0 Å².